The first-order chi connectivity index (χ1) is 15.6. The highest BCUT2D eigenvalue weighted by atomic mass is 35.5. The average molecular weight is 485 g/mol. The minimum atomic E-state index is -4.87. The van der Waals surface area contributed by atoms with E-state index in [4.69, 9.17) is 16.1 Å². The molecule has 2 aromatic carbocycles. The fraction of sp³-hybridized carbons (Fsp3) is 0.0909. The Morgan fingerprint density at radius 1 is 0.939 bits per heavy atom. The number of pyridine rings is 1. The number of halogens is 7. The predicted molar refractivity (Wildman–Crippen MR) is 106 cm³/mol. The Bertz CT molecular complexity index is 1270. The molecule has 0 aliphatic heterocycles. The van der Waals surface area contributed by atoms with Crippen molar-refractivity contribution in [1.29, 1.82) is 0 Å². The summed E-state index contributed by atoms with van der Waals surface area (Å²) in [6.45, 7) is 0. The number of rotatable bonds is 4. The zero-order valence-corrected chi connectivity index (χ0v) is 16.9. The molecule has 0 aliphatic carbocycles. The van der Waals surface area contributed by atoms with Crippen LogP contribution in [0.1, 0.15) is 22.8 Å². The Morgan fingerprint density at radius 2 is 1.64 bits per heavy atom. The second-order valence-electron chi connectivity index (χ2n) is 6.89. The first-order valence-electron chi connectivity index (χ1n) is 9.17. The third-order valence-electron chi connectivity index (χ3n) is 4.82. The van der Waals surface area contributed by atoms with E-state index in [9.17, 15) is 31.4 Å². The number of aliphatic hydroxyl groups excluding tert-OH is 1. The molecule has 2 aromatic heterocycles. The van der Waals surface area contributed by atoms with E-state index in [0.717, 1.165) is 30.6 Å². The van der Waals surface area contributed by atoms with Gasteiger partial charge in [0.05, 0.1) is 16.7 Å². The molecule has 33 heavy (non-hydrogen) atoms. The van der Waals surface area contributed by atoms with E-state index in [2.05, 4.69) is 10.1 Å². The van der Waals surface area contributed by atoms with Crippen LogP contribution in [0.4, 0.5) is 26.3 Å². The summed E-state index contributed by atoms with van der Waals surface area (Å²) in [5.41, 5.74) is -3.47. The van der Waals surface area contributed by atoms with Gasteiger partial charge in [0.1, 0.15) is 29.2 Å². The van der Waals surface area contributed by atoms with Gasteiger partial charge in [-0.05, 0) is 36.4 Å². The highest BCUT2D eigenvalue weighted by molar-refractivity contribution is 6.30. The SMILES string of the molecule is OC(c1cnccc1C(F)(F)F)c1c(-c2ccc(Cl)cc2F)noc1-c1ccc(F)cc1F. The van der Waals surface area contributed by atoms with Gasteiger partial charge in [0.25, 0.3) is 0 Å². The second kappa shape index (κ2) is 8.53. The van der Waals surface area contributed by atoms with Crippen LogP contribution in [-0.4, -0.2) is 15.2 Å². The van der Waals surface area contributed by atoms with Crippen molar-refractivity contribution in [2.45, 2.75) is 12.3 Å². The summed E-state index contributed by atoms with van der Waals surface area (Å²) in [6, 6.07) is 6.38. The van der Waals surface area contributed by atoms with Gasteiger partial charge >= 0.3 is 6.18 Å². The molecule has 0 spiro atoms. The molecular formula is C22H11ClF6N2O2. The summed E-state index contributed by atoms with van der Waals surface area (Å²) in [7, 11) is 0. The lowest BCUT2D eigenvalue weighted by Crippen LogP contribution is -2.14. The van der Waals surface area contributed by atoms with Crippen molar-refractivity contribution in [1.82, 2.24) is 10.1 Å². The maximum atomic E-state index is 14.6. The monoisotopic (exact) mass is 484 g/mol. The molecule has 0 aliphatic rings. The topological polar surface area (TPSA) is 59.2 Å². The first-order valence-corrected chi connectivity index (χ1v) is 9.55. The first kappa shape index (κ1) is 22.8. The van der Waals surface area contributed by atoms with Crippen LogP contribution >= 0.6 is 11.6 Å². The molecule has 1 unspecified atom stereocenters. The normalized spacial score (nSPS) is 12.7. The van der Waals surface area contributed by atoms with Gasteiger partial charge < -0.3 is 9.63 Å². The predicted octanol–water partition coefficient (Wildman–Crippen LogP) is 6.57. The Hall–Kier alpha value is -3.37. The number of nitrogens with zero attached hydrogens (tertiary/aromatic N) is 2. The molecule has 4 aromatic rings. The molecule has 0 saturated heterocycles. The summed E-state index contributed by atoms with van der Waals surface area (Å²) >= 11 is 5.76. The molecule has 0 radical (unpaired) electrons. The molecule has 1 N–H and O–H groups in total. The molecule has 0 bridgehead atoms. The highest BCUT2D eigenvalue weighted by Gasteiger charge is 2.38. The lowest BCUT2D eigenvalue weighted by molar-refractivity contribution is -0.139. The van der Waals surface area contributed by atoms with Gasteiger partial charge in [-0.3, -0.25) is 4.98 Å². The van der Waals surface area contributed by atoms with E-state index in [1.54, 1.807) is 0 Å². The molecule has 4 rings (SSSR count). The molecule has 0 saturated carbocycles. The average Bonchev–Trinajstić information content (AvgIpc) is 3.17. The van der Waals surface area contributed by atoms with Crippen LogP contribution in [0, 0.1) is 17.5 Å². The van der Waals surface area contributed by atoms with Crippen molar-refractivity contribution in [2.75, 3.05) is 0 Å². The molecule has 4 nitrogen and oxygen atoms in total. The lowest BCUT2D eigenvalue weighted by atomic mass is 9.92. The third kappa shape index (κ3) is 4.31. The third-order valence-corrected chi connectivity index (χ3v) is 5.05. The van der Waals surface area contributed by atoms with Crippen LogP contribution in [0.5, 0.6) is 0 Å². The van der Waals surface area contributed by atoms with E-state index in [-0.39, 0.29) is 10.6 Å². The Morgan fingerprint density at radius 3 is 2.30 bits per heavy atom. The van der Waals surface area contributed by atoms with E-state index in [1.165, 1.54) is 12.1 Å². The van der Waals surface area contributed by atoms with Crippen LogP contribution < -0.4 is 0 Å². The fourth-order valence-corrected chi connectivity index (χ4v) is 3.49. The van der Waals surface area contributed by atoms with E-state index >= 15 is 0 Å². The molecule has 0 fully saturated rings. The Labute approximate surface area is 187 Å². The highest BCUT2D eigenvalue weighted by Crippen LogP contribution is 2.43. The van der Waals surface area contributed by atoms with Gasteiger partial charge in [0.2, 0.25) is 0 Å². The molecule has 1 atom stereocenters. The van der Waals surface area contributed by atoms with Gasteiger partial charge in [-0.1, -0.05) is 16.8 Å². The maximum Gasteiger partial charge on any atom is 0.416 e. The van der Waals surface area contributed by atoms with Crippen LogP contribution in [0.25, 0.3) is 22.6 Å². The largest absolute Gasteiger partial charge is 0.416 e. The van der Waals surface area contributed by atoms with Gasteiger partial charge in [-0.15, -0.1) is 0 Å². The number of aromatic nitrogens is 2. The van der Waals surface area contributed by atoms with Gasteiger partial charge in [0, 0.05) is 34.6 Å². The van der Waals surface area contributed by atoms with Crippen molar-refractivity contribution < 1.29 is 36.0 Å². The summed E-state index contributed by atoms with van der Waals surface area (Å²) in [6.07, 6.45) is -5.34. The van der Waals surface area contributed by atoms with Crippen LogP contribution in [-0.2, 0) is 6.18 Å². The smallest absolute Gasteiger partial charge is 0.383 e. The van der Waals surface area contributed by atoms with Crippen molar-refractivity contribution in [3.05, 3.63) is 94.0 Å². The minimum Gasteiger partial charge on any atom is -0.383 e. The van der Waals surface area contributed by atoms with Gasteiger partial charge in [-0.25, -0.2) is 13.2 Å². The molecule has 170 valence electrons. The van der Waals surface area contributed by atoms with E-state index < -0.39 is 63.4 Å². The summed E-state index contributed by atoms with van der Waals surface area (Å²) in [5, 5.41) is 14.7. The van der Waals surface area contributed by atoms with Crippen LogP contribution in [0.15, 0.2) is 59.4 Å². The van der Waals surface area contributed by atoms with Gasteiger partial charge in [-0.2, -0.15) is 13.2 Å². The summed E-state index contributed by atoms with van der Waals surface area (Å²) < 4.78 is 88.4. The lowest BCUT2D eigenvalue weighted by Gasteiger charge is -2.18. The number of aliphatic hydroxyl groups is 1. The minimum absolute atomic E-state index is 0.0262. The molecule has 0 amide bonds. The number of hydrogen-bond donors (Lipinski definition) is 1. The van der Waals surface area contributed by atoms with Crippen molar-refractivity contribution in [3.8, 4) is 22.6 Å². The standard InChI is InChI=1S/C22H11ClF6N2O2/c23-10-1-3-12(16(25)7-10)19-18(20(32)14-9-30-6-5-15(14)22(27,28)29)21(33-31-19)13-4-2-11(24)8-17(13)26/h1-9,20,32H. The number of benzene rings is 2. The van der Waals surface area contributed by atoms with Crippen molar-refractivity contribution in [3.63, 3.8) is 0 Å². The van der Waals surface area contributed by atoms with Crippen LogP contribution in [0.3, 0.4) is 0 Å². The Kier molecular flexibility index (Phi) is 5.89. The van der Waals surface area contributed by atoms with Crippen molar-refractivity contribution >= 4 is 11.6 Å². The second-order valence-corrected chi connectivity index (χ2v) is 7.32. The quantitative estimate of drug-likeness (QED) is 0.333. The summed E-state index contributed by atoms with van der Waals surface area (Å²) in [4.78, 5) is 3.63. The van der Waals surface area contributed by atoms with Crippen molar-refractivity contribution in [2.24, 2.45) is 0 Å². The van der Waals surface area contributed by atoms with Crippen LogP contribution in [0.2, 0.25) is 5.02 Å². The van der Waals surface area contributed by atoms with E-state index in [1.807, 2.05) is 0 Å². The molecular weight excluding hydrogens is 474 g/mol. The van der Waals surface area contributed by atoms with E-state index in [0.29, 0.717) is 12.1 Å². The number of hydrogen-bond acceptors (Lipinski definition) is 4. The zero-order chi connectivity index (χ0) is 23.9. The number of alkyl halides is 3. The summed E-state index contributed by atoms with van der Waals surface area (Å²) in [5.74, 6) is -3.49. The van der Waals surface area contributed by atoms with Gasteiger partial charge in [0.15, 0.2) is 5.76 Å². The maximum absolute atomic E-state index is 14.6. The Balaban J connectivity index is 2.00. The fourth-order valence-electron chi connectivity index (χ4n) is 3.33. The zero-order valence-electron chi connectivity index (χ0n) is 16.2. The molecule has 2 heterocycles. The molecule has 11 heteroatoms.